The molecule has 1 amide bonds. The largest absolute Gasteiger partial charge is 0.466 e. The summed E-state index contributed by atoms with van der Waals surface area (Å²) < 4.78 is 5.49. The molecule has 3 N–H and O–H groups in total. The lowest BCUT2D eigenvalue weighted by Crippen LogP contribution is -2.45. The molecule has 0 aliphatic carbocycles. The van der Waals surface area contributed by atoms with Crippen molar-refractivity contribution in [2.45, 2.75) is 392 Å². The van der Waals surface area contributed by atoms with Crippen molar-refractivity contribution < 1.29 is 24.5 Å². The molecule has 77 heavy (non-hydrogen) atoms. The van der Waals surface area contributed by atoms with Gasteiger partial charge >= 0.3 is 5.97 Å². The molecular weight excluding hydrogens is 947 g/mol. The van der Waals surface area contributed by atoms with E-state index >= 15 is 0 Å². The number of nitrogens with one attached hydrogen (secondary N) is 1. The van der Waals surface area contributed by atoms with Crippen LogP contribution >= 0.6 is 0 Å². The average molecular weight is 1080 g/mol. The number of amides is 1. The number of allylic oxidation sites excluding steroid dienone is 5. The van der Waals surface area contributed by atoms with E-state index in [1.54, 1.807) is 6.08 Å². The van der Waals surface area contributed by atoms with E-state index in [2.05, 4.69) is 43.5 Å². The van der Waals surface area contributed by atoms with Crippen LogP contribution in [0.3, 0.4) is 0 Å². The number of carbonyl (C=O) groups excluding carboxylic acids is 2. The summed E-state index contributed by atoms with van der Waals surface area (Å²) in [6, 6.07) is -0.627. The molecule has 2 unspecified atom stereocenters. The molecule has 0 heterocycles. The molecule has 0 saturated carbocycles. The molecule has 6 nitrogen and oxygen atoms in total. The summed E-state index contributed by atoms with van der Waals surface area (Å²) in [5.41, 5.74) is 0. The molecule has 0 rings (SSSR count). The summed E-state index contributed by atoms with van der Waals surface area (Å²) in [6.07, 6.45) is 85.0. The van der Waals surface area contributed by atoms with Crippen molar-refractivity contribution >= 4 is 11.9 Å². The monoisotopic (exact) mass is 1080 g/mol. The first-order valence-electron chi connectivity index (χ1n) is 34.8. The SMILES string of the molecule is CCCCCCCC/C=C\CCCCCCCC(=O)OCCCCCCCCCCCCCC/C=C\CCCCCCCCCCCCCCCC(=O)NC(CO)C(O)/C=C/CCCCCCCCCCCCCCCC. The molecule has 0 radical (unpaired) electrons. The van der Waals surface area contributed by atoms with E-state index in [1.165, 1.54) is 308 Å². The van der Waals surface area contributed by atoms with E-state index in [9.17, 15) is 19.8 Å². The Hall–Kier alpha value is -1.92. The summed E-state index contributed by atoms with van der Waals surface area (Å²) in [5.74, 6) is -0.0564. The van der Waals surface area contributed by atoms with Crippen LogP contribution < -0.4 is 5.32 Å². The smallest absolute Gasteiger partial charge is 0.305 e. The number of ether oxygens (including phenoxy) is 1. The van der Waals surface area contributed by atoms with Crippen molar-refractivity contribution in [3.05, 3.63) is 36.5 Å². The zero-order valence-corrected chi connectivity index (χ0v) is 52.0. The highest BCUT2D eigenvalue weighted by atomic mass is 16.5. The second-order valence-electron chi connectivity index (χ2n) is 23.9. The van der Waals surface area contributed by atoms with Crippen LogP contribution in [0.4, 0.5) is 0 Å². The molecule has 0 aromatic rings. The molecule has 0 fully saturated rings. The minimum Gasteiger partial charge on any atom is -0.466 e. The highest BCUT2D eigenvalue weighted by Crippen LogP contribution is 2.18. The van der Waals surface area contributed by atoms with Crippen LogP contribution in [0, 0.1) is 0 Å². The highest BCUT2D eigenvalue weighted by Gasteiger charge is 2.18. The Labute approximate surface area is 481 Å². The maximum Gasteiger partial charge on any atom is 0.305 e. The minimum absolute atomic E-state index is 0.00853. The van der Waals surface area contributed by atoms with Crippen LogP contribution in [-0.2, 0) is 14.3 Å². The van der Waals surface area contributed by atoms with Crippen LogP contribution in [0.25, 0.3) is 0 Å². The Morgan fingerprint density at radius 2 is 0.610 bits per heavy atom. The minimum atomic E-state index is -0.844. The number of rotatable bonds is 65. The molecule has 0 spiro atoms. The third kappa shape index (κ3) is 63.1. The van der Waals surface area contributed by atoms with E-state index in [-0.39, 0.29) is 18.5 Å². The van der Waals surface area contributed by atoms with Gasteiger partial charge in [0.1, 0.15) is 0 Å². The van der Waals surface area contributed by atoms with Crippen LogP contribution in [0.2, 0.25) is 0 Å². The average Bonchev–Trinajstić information content (AvgIpc) is 3.43. The van der Waals surface area contributed by atoms with Gasteiger partial charge in [0, 0.05) is 12.8 Å². The van der Waals surface area contributed by atoms with E-state index < -0.39 is 12.1 Å². The van der Waals surface area contributed by atoms with Gasteiger partial charge in [0.05, 0.1) is 25.4 Å². The Bertz CT molecular complexity index is 1250. The fourth-order valence-corrected chi connectivity index (χ4v) is 10.8. The van der Waals surface area contributed by atoms with E-state index in [4.69, 9.17) is 4.74 Å². The number of aliphatic hydroxyl groups excluding tert-OH is 2. The Balaban J connectivity index is 3.39. The summed E-state index contributed by atoms with van der Waals surface area (Å²) in [7, 11) is 0. The first kappa shape index (κ1) is 75.1. The first-order chi connectivity index (χ1) is 38.0. The van der Waals surface area contributed by atoms with Crippen molar-refractivity contribution in [2.75, 3.05) is 13.2 Å². The van der Waals surface area contributed by atoms with Crippen molar-refractivity contribution in [3.8, 4) is 0 Å². The standard InChI is InChI=1S/C71H135NO5/c1-3-5-7-9-11-13-15-17-19-36-39-43-47-51-55-59-63-69(74)68(67-73)72-70(75)64-60-56-52-48-44-40-37-33-31-29-27-25-23-21-20-22-24-26-28-30-32-34-38-42-46-50-54-58-62-66-77-71(76)65-61-57-53-49-45-41-35-18-16-14-12-10-8-6-4-2/h18,20,22,35,59,63,68-69,73-74H,3-17,19,21,23-34,36-58,60-62,64-67H2,1-2H3,(H,72,75)/b22-20-,35-18-,63-59+. The van der Waals surface area contributed by atoms with Gasteiger partial charge in [0.2, 0.25) is 5.91 Å². The third-order valence-electron chi connectivity index (χ3n) is 16.1. The van der Waals surface area contributed by atoms with Gasteiger partial charge in [-0.05, 0) is 83.5 Å². The maximum absolute atomic E-state index is 12.5. The van der Waals surface area contributed by atoms with Crippen LogP contribution in [0.1, 0.15) is 380 Å². The lowest BCUT2D eigenvalue weighted by atomic mass is 10.0. The first-order valence-corrected chi connectivity index (χ1v) is 34.8. The number of hydrogen-bond donors (Lipinski definition) is 3. The molecule has 2 atom stereocenters. The Morgan fingerprint density at radius 1 is 0.351 bits per heavy atom. The normalized spacial score (nSPS) is 12.7. The second kappa shape index (κ2) is 66.6. The highest BCUT2D eigenvalue weighted by molar-refractivity contribution is 5.76. The predicted molar refractivity (Wildman–Crippen MR) is 338 cm³/mol. The molecule has 0 saturated heterocycles. The molecular formula is C71H135NO5. The van der Waals surface area contributed by atoms with Crippen LogP contribution in [0.15, 0.2) is 36.5 Å². The summed E-state index contributed by atoms with van der Waals surface area (Å²) >= 11 is 0. The van der Waals surface area contributed by atoms with Crippen molar-refractivity contribution in [2.24, 2.45) is 0 Å². The second-order valence-corrected chi connectivity index (χ2v) is 23.9. The number of hydrogen-bond acceptors (Lipinski definition) is 5. The molecule has 0 aliphatic heterocycles. The number of esters is 1. The molecule has 0 aromatic carbocycles. The van der Waals surface area contributed by atoms with E-state index in [1.807, 2.05) is 6.08 Å². The van der Waals surface area contributed by atoms with E-state index in [0.717, 1.165) is 44.9 Å². The van der Waals surface area contributed by atoms with Crippen molar-refractivity contribution in [3.63, 3.8) is 0 Å². The zero-order valence-electron chi connectivity index (χ0n) is 52.0. The lowest BCUT2D eigenvalue weighted by molar-refractivity contribution is -0.143. The maximum atomic E-state index is 12.5. The van der Waals surface area contributed by atoms with Gasteiger partial charge < -0.3 is 20.3 Å². The van der Waals surface area contributed by atoms with Crippen molar-refractivity contribution in [1.82, 2.24) is 5.32 Å². The molecule has 0 bridgehead atoms. The number of aliphatic hydroxyl groups is 2. The molecule has 454 valence electrons. The van der Waals surface area contributed by atoms with E-state index in [0.29, 0.717) is 19.4 Å². The van der Waals surface area contributed by atoms with Gasteiger partial charge in [-0.3, -0.25) is 9.59 Å². The fraction of sp³-hybridized carbons (Fsp3) is 0.887. The van der Waals surface area contributed by atoms with Crippen LogP contribution in [-0.4, -0.2) is 47.4 Å². The van der Waals surface area contributed by atoms with Crippen LogP contribution in [0.5, 0.6) is 0 Å². The van der Waals surface area contributed by atoms with Gasteiger partial charge in [0.15, 0.2) is 0 Å². The quantitative estimate of drug-likeness (QED) is 0.0320. The Kier molecular flexibility index (Phi) is 64.9. The van der Waals surface area contributed by atoms with Gasteiger partial charge in [-0.25, -0.2) is 0 Å². The summed E-state index contributed by atoms with van der Waals surface area (Å²) in [5, 5.41) is 23.2. The summed E-state index contributed by atoms with van der Waals surface area (Å²) in [4.78, 5) is 24.6. The molecule has 0 aliphatic rings. The lowest BCUT2D eigenvalue weighted by Gasteiger charge is -2.20. The zero-order chi connectivity index (χ0) is 55.7. The Morgan fingerprint density at radius 3 is 0.922 bits per heavy atom. The van der Waals surface area contributed by atoms with Gasteiger partial charge in [-0.2, -0.15) is 0 Å². The molecule has 6 heteroatoms. The number of carbonyl (C=O) groups is 2. The van der Waals surface area contributed by atoms with Crippen molar-refractivity contribution in [1.29, 1.82) is 0 Å². The molecule has 0 aromatic heterocycles. The summed E-state index contributed by atoms with van der Waals surface area (Å²) in [6.45, 7) is 4.92. The van der Waals surface area contributed by atoms with Gasteiger partial charge in [-0.1, -0.05) is 320 Å². The fourth-order valence-electron chi connectivity index (χ4n) is 10.8. The van der Waals surface area contributed by atoms with Gasteiger partial charge in [-0.15, -0.1) is 0 Å². The number of unbranched alkanes of at least 4 members (excludes halogenated alkanes) is 50. The topological polar surface area (TPSA) is 95.9 Å². The van der Waals surface area contributed by atoms with Gasteiger partial charge in [0.25, 0.3) is 0 Å². The predicted octanol–water partition coefficient (Wildman–Crippen LogP) is 22.3. The third-order valence-corrected chi connectivity index (χ3v) is 16.1.